The number of hydrogen-bond acceptors (Lipinski definition) is 2. The fourth-order valence-corrected chi connectivity index (χ4v) is 0.711. The zero-order valence-electron chi connectivity index (χ0n) is 6.73. The SMILES string of the molecule is CCCCNC(=O)OCCBr. The molecule has 0 saturated carbocycles. The molecule has 66 valence electrons. The molecule has 4 heteroatoms. The summed E-state index contributed by atoms with van der Waals surface area (Å²) < 4.78 is 4.74. The molecule has 0 unspecified atom stereocenters. The number of halogens is 1. The number of amides is 1. The standard InChI is InChI=1S/C7H14BrNO2/c1-2-3-5-9-7(10)11-6-4-8/h2-6H2,1H3,(H,9,10). The van der Waals surface area contributed by atoms with Gasteiger partial charge in [-0.1, -0.05) is 29.3 Å². The van der Waals surface area contributed by atoms with E-state index in [0.29, 0.717) is 18.5 Å². The van der Waals surface area contributed by atoms with Gasteiger partial charge in [0, 0.05) is 11.9 Å². The van der Waals surface area contributed by atoms with Crippen LogP contribution in [0.1, 0.15) is 19.8 Å². The molecule has 0 saturated heterocycles. The highest BCUT2D eigenvalue weighted by Crippen LogP contribution is 1.85. The van der Waals surface area contributed by atoms with Crippen LogP contribution in [0.25, 0.3) is 0 Å². The third-order valence-electron chi connectivity index (χ3n) is 1.11. The van der Waals surface area contributed by atoms with Gasteiger partial charge in [0.15, 0.2) is 0 Å². The Morgan fingerprint density at radius 3 is 2.91 bits per heavy atom. The zero-order chi connectivity index (χ0) is 8.53. The highest BCUT2D eigenvalue weighted by atomic mass is 79.9. The van der Waals surface area contributed by atoms with Crippen LogP contribution in [0.4, 0.5) is 4.79 Å². The van der Waals surface area contributed by atoms with Gasteiger partial charge < -0.3 is 10.1 Å². The van der Waals surface area contributed by atoms with Gasteiger partial charge in [0.2, 0.25) is 0 Å². The van der Waals surface area contributed by atoms with Crippen LogP contribution >= 0.6 is 15.9 Å². The lowest BCUT2D eigenvalue weighted by molar-refractivity contribution is 0.153. The molecule has 0 rings (SSSR count). The first-order valence-electron chi connectivity index (χ1n) is 3.77. The molecule has 0 atom stereocenters. The van der Waals surface area contributed by atoms with Gasteiger partial charge in [-0.05, 0) is 6.42 Å². The lowest BCUT2D eigenvalue weighted by Crippen LogP contribution is -2.25. The Kier molecular flexibility index (Phi) is 7.67. The molecule has 1 amide bonds. The Labute approximate surface area is 75.6 Å². The molecule has 0 aromatic carbocycles. The molecule has 0 spiro atoms. The fraction of sp³-hybridized carbons (Fsp3) is 0.857. The van der Waals surface area contributed by atoms with E-state index < -0.39 is 0 Å². The lowest BCUT2D eigenvalue weighted by atomic mass is 10.3. The van der Waals surface area contributed by atoms with Crippen molar-refractivity contribution < 1.29 is 9.53 Å². The molecule has 11 heavy (non-hydrogen) atoms. The average molecular weight is 224 g/mol. The van der Waals surface area contributed by atoms with Gasteiger partial charge in [0.05, 0.1) is 0 Å². The second-order valence-corrected chi connectivity index (χ2v) is 2.90. The van der Waals surface area contributed by atoms with Gasteiger partial charge in [-0.2, -0.15) is 0 Å². The third kappa shape index (κ3) is 7.65. The van der Waals surface area contributed by atoms with E-state index in [4.69, 9.17) is 4.74 Å². The van der Waals surface area contributed by atoms with E-state index in [9.17, 15) is 4.79 Å². The van der Waals surface area contributed by atoms with Crippen molar-refractivity contribution in [3.05, 3.63) is 0 Å². The van der Waals surface area contributed by atoms with Crippen LogP contribution in [0.2, 0.25) is 0 Å². The molecule has 0 radical (unpaired) electrons. The molecule has 0 aliphatic rings. The minimum absolute atomic E-state index is 0.321. The van der Waals surface area contributed by atoms with E-state index >= 15 is 0 Å². The Balaban J connectivity index is 3.09. The van der Waals surface area contributed by atoms with Crippen LogP contribution in [0.5, 0.6) is 0 Å². The largest absolute Gasteiger partial charge is 0.449 e. The van der Waals surface area contributed by atoms with Crippen LogP contribution in [-0.2, 0) is 4.74 Å². The Morgan fingerprint density at radius 2 is 2.36 bits per heavy atom. The molecule has 0 aliphatic carbocycles. The predicted octanol–water partition coefficient (Wildman–Crippen LogP) is 1.91. The van der Waals surface area contributed by atoms with Crippen LogP contribution < -0.4 is 5.32 Å². The van der Waals surface area contributed by atoms with Crippen molar-refractivity contribution >= 4 is 22.0 Å². The van der Waals surface area contributed by atoms with Crippen LogP contribution in [0.3, 0.4) is 0 Å². The van der Waals surface area contributed by atoms with E-state index in [-0.39, 0.29) is 6.09 Å². The monoisotopic (exact) mass is 223 g/mol. The van der Waals surface area contributed by atoms with Gasteiger partial charge in [-0.15, -0.1) is 0 Å². The summed E-state index contributed by atoms with van der Waals surface area (Å²) in [6.07, 6.45) is 1.76. The highest BCUT2D eigenvalue weighted by molar-refractivity contribution is 9.09. The van der Waals surface area contributed by atoms with Crippen molar-refractivity contribution in [2.75, 3.05) is 18.5 Å². The summed E-state index contributed by atoms with van der Waals surface area (Å²) in [7, 11) is 0. The quantitative estimate of drug-likeness (QED) is 0.572. The molecule has 1 N–H and O–H groups in total. The van der Waals surface area contributed by atoms with E-state index in [0.717, 1.165) is 12.8 Å². The average Bonchev–Trinajstić information content (AvgIpc) is 2.01. The Hall–Kier alpha value is -0.250. The summed E-state index contributed by atoms with van der Waals surface area (Å²) >= 11 is 3.15. The normalized spacial score (nSPS) is 9.27. The molecule has 0 aliphatic heterocycles. The molecule has 0 heterocycles. The summed E-state index contributed by atoms with van der Waals surface area (Å²) in [6.45, 7) is 3.21. The second kappa shape index (κ2) is 7.85. The number of rotatable bonds is 5. The van der Waals surface area contributed by atoms with Crippen molar-refractivity contribution in [1.82, 2.24) is 5.32 Å². The molecule has 0 aromatic heterocycles. The van der Waals surface area contributed by atoms with Gasteiger partial charge in [-0.25, -0.2) is 4.79 Å². The smallest absolute Gasteiger partial charge is 0.407 e. The van der Waals surface area contributed by atoms with E-state index in [1.807, 2.05) is 0 Å². The number of ether oxygens (including phenoxy) is 1. The summed E-state index contributed by atoms with van der Waals surface area (Å²) in [5.41, 5.74) is 0. The minimum atomic E-state index is -0.321. The first-order valence-corrected chi connectivity index (χ1v) is 4.90. The molecule has 3 nitrogen and oxygen atoms in total. The van der Waals surface area contributed by atoms with Crippen LogP contribution in [-0.4, -0.2) is 24.6 Å². The second-order valence-electron chi connectivity index (χ2n) is 2.11. The van der Waals surface area contributed by atoms with E-state index in [1.165, 1.54) is 0 Å². The third-order valence-corrected chi connectivity index (χ3v) is 1.43. The van der Waals surface area contributed by atoms with E-state index in [1.54, 1.807) is 0 Å². The number of nitrogens with one attached hydrogen (secondary N) is 1. The van der Waals surface area contributed by atoms with Crippen LogP contribution in [0.15, 0.2) is 0 Å². The first kappa shape index (κ1) is 10.8. The minimum Gasteiger partial charge on any atom is -0.449 e. The number of hydrogen-bond donors (Lipinski definition) is 1. The molecule has 0 aromatic rings. The highest BCUT2D eigenvalue weighted by Gasteiger charge is 1.97. The summed E-state index contributed by atoms with van der Waals surface area (Å²) in [4.78, 5) is 10.7. The fourth-order valence-electron chi connectivity index (χ4n) is 0.550. The maximum absolute atomic E-state index is 10.7. The van der Waals surface area contributed by atoms with E-state index in [2.05, 4.69) is 28.2 Å². The van der Waals surface area contributed by atoms with Crippen molar-refractivity contribution in [2.24, 2.45) is 0 Å². The maximum atomic E-state index is 10.7. The number of carbonyl (C=O) groups is 1. The van der Waals surface area contributed by atoms with Gasteiger partial charge in [0.1, 0.15) is 6.61 Å². The summed E-state index contributed by atoms with van der Waals surface area (Å²) in [5, 5.41) is 3.33. The molecule has 0 fully saturated rings. The summed E-state index contributed by atoms with van der Waals surface area (Å²) in [6, 6.07) is 0. The number of unbranched alkanes of at least 4 members (excludes halogenated alkanes) is 1. The molecular weight excluding hydrogens is 210 g/mol. The molecule has 0 bridgehead atoms. The number of alkyl halides is 1. The van der Waals surface area contributed by atoms with Gasteiger partial charge in [-0.3, -0.25) is 0 Å². The van der Waals surface area contributed by atoms with Crippen molar-refractivity contribution in [2.45, 2.75) is 19.8 Å². The van der Waals surface area contributed by atoms with Gasteiger partial charge in [0.25, 0.3) is 0 Å². The Morgan fingerprint density at radius 1 is 1.64 bits per heavy atom. The first-order chi connectivity index (χ1) is 5.31. The maximum Gasteiger partial charge on any atom is 0.407 e. The number of alkyl carbamates (subject to hydrolysis) is 1. The van der Waals surface area contributed by atoms with Crippen LogP contribution in [0, 0.1) is 0 Å². The lowest BCUT2D eigenvalue weighted by Gasteiger charge is -2.03. The zero-order valence-corrected chi connectivity index (χ0v) is 8.32. The van der Waals surface area contributed by atoms with Crippen molar-refractivity contribution in [3.63, 3.8) is 0 Å². The van der Waals surface area contributed by atoms with Crippen molar-refractivity contribution in [3.8, 4) is 0 Å². The predicted molar refractivity (Wildman–Crippen MR) is 48.1 cm³/mol. The summed E-state index contributed by atoms with van der Waals surface area (Å²) in [5.74, 6) is 0. The van der Waals surface area contributed by atoms with Gasteiger partial charge >= 0.3 is 6.09 Å². The Bertz CT molecular complexity index is 109. The molecular formula is C7H14BrNO2. The topological polar surface area (TPSA) is 38.3 Å². The van der Waals surface area contributed by atoms with Crippen molar-refractivity contribution in [1.29, 1.82) is 0 Å². The number of carbonyl (C=O) groups excluding carboxylic acids is 1.